The maximum atomic E-state index is 9.22. The first-order valence-electron chi connectivity index (χ1n) is 4.91. The fourth-order valence-corrected chi connectivity index (χ4v) is 2.66. The van der Waals surface area contributed by atoms with Crippen molar-refractivity contribution in [3.63, 3.8) is 0 Å². The van der Waals surface area contributed by atoms with Gasteiger partial charge < -0.3 is 10.0 Å². The molecule has 0 aromatic carbocycles. The predicted molar refractivity (Wildman–Crippen MR) is 64.4 cm³/mol. The van der Waals surface area contributed by atoms with Crippen molar-refractivity contribution in [2.75, 3.05) is 18.1 Å². The average Bonchev–Trinajstić information content (AvgIpc) is 2.65. The van der Waals surface area contributed by atoms with Crippen LogP contribution >= 0.6 is 27.5 Å². The van der Waals surface area contributed by atoms with Crippen LogP contribution in [-0.4, -0.2) is 29.3 Å². The van der Waals surface area contributed by atoms with Gasteiger partial charge in [0.2, 0.25) is 0 Å². The lowest BCUT2D eigenvalue weighted by Crippen LogP contribution is -2.32. The molecule has 1 atom stereocenters. The largest absolute Gasteiger partial charge is 0.394 e. The molecule has 0 radical (unpaired) electrons. The van der Waals surface area contributed by atoms with E-state index >= 15 is 0 Å². The summed E-state index contributed by atoms with van der Waals surface area (Å²) in [6.45, 7) is 1.08. The summed E-state index contributed by atoms with van der Waals surface area (Å²) in [5.41, 5.74) is 0. The highest BCUT2D eigenvalue weighted by Crippen LogP contribution is 2.31. The summed E-state index contributed by atoms with van der Waals surface area (Å²) in [4.78, 5) is 6.37. The molecule has 15 heavy (non-hydrogen) atoms. The summed E-state index contributed by atoms with van der Waals surface area (Å²) in [5.74, 6) is 0.774. The number of rotatable bonds is 2. The Hall–Kier alpha value is -0.320. The molecule has 2 heterocycles. The molecule has 5 heteroatoms. The van der Waals surface area contributed by atoms with E-state index in [1.165, 1.54) is 0 Å². The number of aliphatic hydroxyl groups excluding tert-OH is 1. The van der Waals surface area contributed by atoms with Gasteiger partial charge in [-0.15, -0.1) is 0 Å². The van der Waals surface area contributed by atoms with Crippen LogP contribution in [0.5, 0.6) is 0 Å². The monoisotopic (exact) mass is 290 g/mol. The lowest BCUT2D eigenvalue weighted by atomic mass is 10.2. The Labute approximate surface area is 102 Å². The summed E-state index contributed by atoms with van der Waals surface area (Å²) in [7, 11) is 0. The van der Waals surface area contributed by atoms with Crippen molar-refractivity contribution in [2.45, 2.75) is 18.9 Å². The maximum absolute atomic E-state index is 9.22. The van der Waals surface area contributed by atoms with Gasteiger partial charge in [0.25, 0.3) is 0 Å². The van der Waals surface area contributed by atoms with Crippen LogP contribution < -0.4 is 4.90 Å². The Bertz CT molecular complexity index is 361. The molecule has 3 nitrogen and oxygen atoms in total. The first-order valence-corrected chi connectivity index (χ1v) is 6.08. The van der Waals surface area contributed by atoms with Gasteiger partial charge in [-0.25, -0.2) is 4.98 Å². The number of hydrogen-bond donors (Lipinski definition) is 1. The van der Waals surface area contributed by atoms with E-state index in [1.54, 1.807) is 6.20 Å². The van der Waals surface area contributed by atoms with Gasteiger partial charge in [-0.05, 0) is 34.8 Å². The van der Waals surface area contributed by atoms with Gasteiger partial charge >= 0.3 is 0 Å². The summed E-state index contributed by atoms with van der Waals surface area (Å²) in [6.07, 6.45) is 3.82. The molecule has 0 amide bonds. The number of nitrogens with zero attached hydrogens (tertiary/aromatic N) is 2. The predicted octanol–water partition coefficient (Wildman–Crippen LogP) is 2.46. The molecular formula is C10H12BrClN2O. The zero-order valence-corrected chi connectivity index (χ0v) is 10.5. The molecule has 1 aliphatic heterocycles. The molecule has 1 aromatic heterocycles. The van der Waals surface area contributed by atoms with Crippen molar-refractivity contribution in [3.8, 4) is 0 Å². The number of anilines is 1. The highest BCUT2D eigenvalue weighted by Gasteiger charge is 2.26. The van der Waals surface area contributed by atoms with E-state index < -0.39 is 0 Å². The summed E-state index contributed by atoms with van der Waals surface area (Å²) in [6, 6.07) is 1.99. The molecular weight excluding hydrogens is 279 g/mol. The number of halogens is 2. The van der Waals surface area contributed by atoms with Crippen molar-refractivity contribution in [1.29, 1.82) is 0 Å². The molecule has 1 saturated heterocycles. The minimum atomic E-state index is 0.161. The van der Waals surface area contributed by atoms with Gasteiger partial charge in [-0.3, -0.25) is 0 Å². The van der Waals surface area contributed by atoms with Crippen molar-refractivity contribution < 1.29 is 5.11 Å². The molecule has 0 bridgehead atoms. The van der Waals surface area contributed by atoms with E-state index in [0.29, 0.717) is 5.02 Å². The zero-order valence-electron chi connectivity index (χ0n) is 8.16. The SMILES string of the molecule is OCC1CCCN1c1ncc(Br)cc1Cl. The van der Waals surface area contributed by atoms with E-state index in [2.05, 4.69) is 25.8 Å². The first kappa shape index (κ1) is 11.2. The van der Waals surface area contributed by atoms with Gasteiger partial charge in [-0.1, -0.05) is 11.6 Å². The highest BCUT2D eigenvalue weighted by molar-refractivity contribution is 9.10. The van der Waals surface area contributed by atoms with Crippen LogP contribution in [0.4, 0.5) is 5.82 Å². The van der Waals surface area contributed by atoms with Crippen LogP contribution in [0.25, 0.3) is 0 Å². The molecule has 1 fully saturated rings. The Morgan fingerprint density at radius 1 is 1.67 bits per heavy atom. The third-order valence-corrected chi connectivity index (χ3v) is 3.36. The lowest BCUT2D eigenvalue weighted by molar-refractivity contribution is 0.266. The molecule has 0 saturated carbocycles. The third kappa shape index (κ3) is 2.27. The van der Waals surface area contributed by atoms with Crippen molar-refractivity contribution in [3.05, 3.63) is 21.8 Å². The molecule has 0 spiro atoms. The molecule has 1 aliphatic rings. The van der Waals surface area contributed by atoms with Gasteiger partial charge in [0.15, 0.2) is 0 Å². The quantitative estimate of drug-likeness (QED) is 0.909. The second-order valence-electron chi connectivity index (χ2n) is 3.63. The topological polar surface area (TPSA) is 36.4 Å². The van der Waals surface area contributed by atoms with E-state index in [0.717, 1.165) is 29.7 Å². The van der Waals surface area contributed by atoms with E-state index in [-0.39, 0.29) is 12.6 Å². The second-order valence-corrected chi connectivity index (χ2v) is 4.95. The fraction of sp³-hybridized carbons (Fsp3) is 0.500. The molecule has 1 unspecified atom stereocenters. The molecule has 2 rings (SSSR count). The van der Waals surface area contributed by atoms with Gasteiger partial charge in [0.05, 0.1) is 17.7 Å². The molecule has 82 valence electrons. The molecule has 1 N–H and O–H groups in total. The molecule has 1 aromatic rings. The zero-order chi connectivity index (χ0) is 10.8. The van der Waals surface area contributed by atoms with Crippen molar-refractivity contribution >= 4 is 33.3 Å². The first-order chi connectivity index (χ1) is 7.22. The van der Waals surface area contributed by atoms with Crippen LogP contribution in [0, 0.1) is 0 Å². The number of aliphatic hydroxyl groups is 1. The Morgan fingerprint density at radius 3 is 3.13 bits per heavy atom. The second kappa shape index (κ2) is 4.68. The minimum absolute atomic E-state index is 0.161. The minimum Gasteiger partial charge on any atom is -0.394 e. The van der Waals surface area contributed by atoms with Crippen LogP contribution in [0.1, 0.15) is 12.8 Å². The number of hydrogen-bond acceptors (Lipinski definition) is 3. The van der Waals surface area contributed by atoms with Crippen LogP contribution in [0.15, 0.2) is 16.7 Å². The van der Waals surface area contributed by atoms with Crippen LogP contribution in [0.3, 0.4) is 0 Å². The van der Waals surface area contributed by atoms with Crippen molar-refractivity contribution in [2.24, 2.45) is 0 Å². The van der Waals surface area contributed by atoms with E-state index in [4.69, 9.17) is 11.6 Å². The summed E-state index contributed by atoms with van der Waals surface area (Å²) >= 11 is 9.44. The molecule has 0 aliphatic carbocycles. The normalized spacial score (nSPS) is 21.0. The maximum Gasteiger partial charge on any atom is 0.147 e. The van der Waals surface area contributed by atoms with Gasteiger partial charge in [0.1, 0.15) is 5.82 Å². The van der Waals surface area contributed by atoms with Gasteiger partial charge in [-0.2, -0.15) is 0 Å². The number of aromatic nitrogens is 1. The lowest BCUT2D eigenvalue weighted by Gasteiger charge is -2.24. The van der Waals surface area contributed by atoms with Gasteiger partial charge in [0, 0.05) is 17.2 Å². The van der Waals surface area contributed by atoms with Crippen LogP contribution in [-0.2, 0) is 0 Å². The Kier molecular flexibility index (Phi) is 3.49. The summed E-state index contributed by atoms with van der Waals surface area (Å²) < 4.78 is 0.871. The average molecular weight is 292 g/mol. The van der Waals surface area contributed by atoms with Crippen LogP contribution in [0.2, 0.25) is 5.02 Å². The number of pyridine rings is 1. The fourth-order valence-electron chi connectivity index (χ4n) is 1.92. The highest BCUT2D eigenvalue weighted by atomic mass is 79.9. The third-order valence-electron chi connectivity index (χ3n) is 2.65. The Morgan fingerprint density at radius 2 is 2.47 bits per heavy atom. The smallest absolute Gasteiger partial charge is 0.147 e. The van der Waals surface area contributed by atoms with E-state index in [1.807, 2.05) is 6.07 Å². The van der Waals surface area contributed by atoms with Crippen molar-refractivity contribution in [1.82, 2.24) is 4.98 Å². The summed E-state index contributed by atoms with van der Waals surface area (Å²) in [5, 5.41) is 9.85. The van der Waals surface area contributed by atoms with E-state index in [9.17, 15) is 5.11 Å². The Balaban J connectivity index is 2.28. The standard InChI is InChI=1S/C10H12BrClN2O/c11-7-4-9(12)10(13-5-7)14-3-1-2-8(14)6-15/h4-5,8,15H,1-3,6H2.